The molecule has 0 spiro atoms. The molecule has 1 rings (SSSR count). The first kappa shape index (κ1) is 10.7. The zero-order chi connectivity index (χ0) is 10.2. The van der Waals surface area contributed by atoms with Crippen LogP contribution >= 0.6 is 0 Å². The van der Waals surface area contributed by atoms with E-state index in [1.807, 2.05) is 24.3 Å². The normalized spacial score (nSPS) is 10.6. The third-order valence-electron chi connectivity index (χ3n) is 2.21. The molecular weight excluding hydrogens is 172 g/mol. The Morgan fingerprint density at radius 1 is 1.29 bits per heavy atom. The van der Waals surface area contributed by atoms with E-state index in [-0.39, 0.29) is 0 Å². The summed E-state index contributed by atoms with van der Waals surface area (Å²) in [5.74, 6) is 0. The zero-order valence-electron chi connectivity index (χ0n) is 8.57. The van der Waals surface area contributed by atoms with Crippen LogP contribution in [-0.4, -0.2) is 6.29 Å². The van der Waals surface area contributed by atoms with Gasteiger partial charge in [-0.2, -0.15) is 0 Å². The first-order chi connectivity index (χ1) is 6.88. The molecule has 0 aliphatic heterocycles. The molecule has 0 aromatic heterocycles. The first-order valence-corrected chi connectivity index (χ1v) is 5.08. The second kappa shape index (κ2) is 6.14. The van der Waals surface area contributed by atoms with Gasteiger partial charge in [0.2, 0.25) is 0 Å². The fourth-order valence-corrected chi connectivity index (χ4v) is 1.43. The Morgan fingerprint density at radius 2 is 2.07 bits per heavy atom. The summed E-state index contributed by atoms with van der Waals surface area (Å²) in [7, 11) is 0. The molecule has 0 saturated carbocycles. The quantitative estimate of drug-likeness (QED) is 0.512. The van der Waals surface area contributed by atoms with E-state index in [1.165, 1.54) is 18.4 Å². The Morgan fingerprint density at radius 3 is 2.79 bits per heavy atom. The number of unbranched alkanes of at least 4 members (excludes halogenated alkanes) is 1. The summed E-state index contributed by atoms with van der Waals surface area (Å²) in [5, 5.41) is 0. The Bertz CT molecular complexity index is 313. The van der Waals surface area contributed by atoms with Crippen LogP contribution in [0.5, 0.6) is 0 Å². The van der Waals surface area contributed by atoms with E-state index in [4.69, 9.17) is 0 Å². The lowest BCUT2D eigenvalue weighted by Crippen LogP contribution is -1.88. The van der Waals surface area contributed by atoms with Crippen LogP contribution in [-0.2, 0) is 11.2 Å². The van der Waals surface area contributed by atoms with Crippen LogP contribution in [0.15, 0.2) is 30.3 Å². The van der Waals surface area contributed by atoms with Crippen molar-refractivity contribution < 1.29 is 4.79 Å². The summed E-state index contributed by atoms with van der Waals surface area (Å²) in [6, 6.07) is 8.22. The number of rotatable bonds is 5. The molecule has 0 atom stereocenters. The molecule has 0 fully saturated rings. The van der Waals surface area contributed by atoms with Gasteiger partial charge >= 0.3 is 0 Å². The Kier molecular flexibility index (Phi) is 4.70. The van der Waals surface area contributed by atoms with Crippen molar-refractivity contribution in [2.75, 3.05) is 0 Å². The van der Waals surface area contributed by atoms with Gasteiger partial charge in [-0.3, -0.25) is 4.79 Å². The second-order valence-electron chi connectivity index (χ2n) is 3.30. The maximum Gasteiger partial charge on any atom is 0.142 e. The fourth-order valence-electron chi connectivity index (χ4n) is 1.43. The number of carbonyl (C=O) groups excluding carboxylic acids is 1. The molecule has 74 valence electrons. The minimum Gasteiger partial charge on any atom is -0.299 e. The standard InChI is InChI=1S/C13H16O/c1-2-3-7-12-8-4-5-9-13(12)10-6-11-14/h4-6,8-11H,2-3,7H2,1H3/b10-6+. The Balaban J connectivity index is 2.79. The van der Waals surface area contributed by atoms with E-state index in [1.54, 1.807) is 6.08 Å². The molecular formula is C13H16O. The fraction of sp³-hybridized carbons (Fsp3) is 0.308. The van der Waals surface area contributed by atoms with Gasteiger partial charge in [-0.1, -0.05) is 43.7 Å². The lowest BCUT2D eigenvalue weighted by Gasteiger charge is -2.03. The van der Waals surface area contributed by atoms with Gasteiger partial charge in [0.25, 0.3) is 0 Å². The van der Waals surface area contributed by atoms with Crippen LogP contribution < -0.4 is 0 Å². The molecule has 0 saturated heterocycles. The number of hydrogen-bond acceptors (Lipinski definition) is 1. The minimum atomic E-state index is 0.816. The molecule has 1 aromatic carbocycles. The number of carbonyl (C=O) groups is 1. The summed E-state index contributed by atoms with van der Waals surface area (Å²) in [4.78, 5) is 10.2. The van der Waals surface area contributed by atoms with E-state index in [0.717, 1.165) is 18.3 Å². The van der Waals surface area contributed by atoms with Crippen molar-refractivity contribution in [2.45, 2.75) is 26.2 Å². The van der Waals surface area contributed by atoms with E-state index in [9.17, 15) is 4.79 Å². The van der Waals surface area contributed by atoms with Gasteiger partial charge < -0.3 is 0 Å². The van der Waals surface area contributed by atoms with Crippen molar-refractivity contribution in [2.24, 2.45) is 0 Å². The highest BCUT2D eigenvalue weighted by molar-refractivity contribution is 5.74. The third kappa shape index (κ3) is 3.17. The van der Waals surface area contributed by atoms with E-state index in [0.29, 0.717) is 0 Å². The average molecular weight is 188 g/mol. The van der Waals surface area contributed by atoms with Crippen molar-refractivity contribution in [3.63, 3.8) is 0 Å². The van der Waals surface area contributed by atoms with Gasteiger partial charge in [0.15, 0.2) is 0 Å². The predicted molar refractivity (Wildman–Crippen MR) is 60.2 cm³/mol. The molecule has 1 nitrogen and oxygen atoms in total. The Labute approximate surface area is 85.5 Å². The van der Waals surface area contributed by atoms with E-state index in [2.05, 4.69) is 13.0 Å². The van der Waals surface area contributed by atoms with Gasteiger partial charge in [0, 0.05) is 0 Å². The molecule has 0 unspecified atom stereocenters. The van der Waals surface area contributed by atoms with Crippen molar-refractivity contribution in [3.8, 4) is 0 Å². The number of benzene rings is 1. The van der Waals surface area contributed by atoms with Crippen molar-refractivity contribution in [1.29, 1.82) is 0 Å². The molecule has 1 aromatic rings. The number of allylic oxidation sites excluding steroid dienone is 1. The highest BCUT2D eigenvalue weighted by atomic mass is 16.1. The molecule has 0 amide bonds. The summed E-state index contributed by atoms with van der Waals surface area (Å²) in [5.41, 5.74) is 2.49. The monoisotopic (exact) mass is 188 g/mol. The molecule has 0 bridgehead atoms. The van der Waals surface area contributed by atoms with Crippen LogP contribution in [0.1, 0.15) is 30.9 Å². The van der Waals surface area contributed by atoms with Gasteiger partial charge in [-0.25, -0.2) is 0 Å². The summed E-state index contributed by atoms with van der Waals surface area (Å²) < 4.78 is 0. The van der Waals surface area contributed by atoms with Crippen molar-refractivity contribution >= 4 is 12.4 Å². The topological polar surface area (TPSA) is 17.1 Å². The molecule has 0 aliphatic carbocycles. The number of aldehydes is 1. The van der Waals surface area contributed by atoms with Crippen LogP contribution in [0.4, 0.5) is 0 Å². The van der Waals surface area contributed by atoms with E-state index >= 15 is 0 Å². The highest BCUT2D eigenvalue weighted by Crippen LogP contribution is 2.13. The Hall–Kier alpha value is -1.37. The van der Waals surface area contributed by atoms with Crippen LogP contribution in [0, 0.1) is 0 Å². The predicted octanol–water partition coefficient (Wildman–Crippen LogP) is 3.24. The summed E-state index contributed by atoms with van der Waals surface area (Å²) >= 11 is 0. The lowest BCUT2D eigenvalue weighted by atomic mass is 10.0. The van der Waals surface area contributed by atoms with Crippen LogP contribution in [0.3, 0.4) is 0 Å². The van der Waals surface area contributed by atoms with Crippen molar-refractivity contribution in [3.05, 3.63) is 41.5 Å². The van der Waals surface area contributed by atoms with Crippen molar-refractivity contribution in [1.82, 2.24) is 0 Å². The zero-order valence-corrected chi connectivity index (χ0v) is 8.57. The number of aryl methyl sites for hydroxylation is 1. The van der Waals surface area contributed by atoms with Crippen LogP contribution in [0.2, 0.25) is 0 Å². The minimum absolute atomic E-state index is 0.816. The molecule has 1 heteroatoms. The SMILES string of the molecule is CCCCc1ccccc1/C=C/C=O. The molecule has 0 aliphatic rings. The lowest BCUT2D eigenvalue weighted by molar-refractivity contribution is -0.104. The van der Waals surface area contributed by atoms with Gasteiger partial charge in [0.05, 0.1) is 0 Å². The van der Waals surface area contributed by atoms with E-state index < -0.39 is 0 Å². The highest BCUT2D eigenvalue weighted by Gasteiger charge is 1.96. The molecule has 0 radical (unpaired) electrons. The molecule has 14 heavy (non-hydrogen) atoms. The number of hydrogen-bond donors (Lipinski definition) is 0. The second-order valence-corrected chi connectivity index (χ2v) is 3.30. The van der Waals surface area contributed by atoms with Gasteiger partial charge in [-0.15, -0.1) is 0 Å². The van der Waals surface area contributed by atoms with Gasteiger partial charge in [-0.05, 0) is 30.0 Å². The first-order valence-electron chi connectivity index (χ1n) is 5.08. The maximum absolute atomic E-state index is 10.2. The molecule has 0 heterocycles. The average Bonchev–Trinajstić information content (AvgIpc) is 2.24. The smallest absolute Gasteiger partial charge is 0.142 e. The van der Waals surface area contributed by atoms with Gasteiger partial charge in [0.1, 0.15) is 6.29 Å². The maximum atomic E-state index is 10.2. The summed E-state index contributed by atoms with van der Waals surface area (Å²) in [6.45, 7) is 2.18. The van der Waals surface area contributed by atoms with Crippen LogP contribution in [0.25, 0.3) is 6.08 Å². The molecule has 0 N–H and O–H groups in total. The summed E-state index contributed by atoms with van der Waals surface area (Å²) in [6.07, 6.45) is 7.73. The third-order valence-corrected chi connectivity index (χ3v) is 2.21. The largest absolute Gasteiger partial charge is 0.299 e.